The van der Waals surface area contributed by atoms with Crippen LogP contribution < -0.4 is 5.73 Å². The van der Waals surface area contributed by atoms with Crippen LogP contribution in [0, 0.1) is 5.82 Å². The molecule has 0 spiro atoms. The summed E-state index contributed by atoms with van der Waals surface area (Å²) < 4.78 is 17.7. The Morgan fingerprint density at radius 1 is 1.50 bits per heavy atom. The van der Waals surface area contributed by atoms with E-state index in [0.29, 0.717) is 5.56 Å². The van der Waals surface area contributed by atoms with Gasteiger partial charge in [0.05, 0.1) is 0 Å². The monoisotopic (exact) mass is 222 g/mol. The van der Waals surface area contributed by atoms with Gasteiger partial charge in [0, 0.05) is 5.56 Å². The van der Waals surface area contributed by atoms with Crippen LogP contribution >= 0.6 is 0 Å². The molecule has 3 N–H and O–H groups in total. The lowest BCUT2D eigenvalue weighted by Crippen LogP contribution is -1.96. The number of hydrogen-bond acceptors (Lipinski definition) is 4. The summed E-state index contributed by atoms with van der Waals surface area (Å²) in [6, 6.07) is 5.10. The lowest BCUT2D eigenvalue weighted by atomic mass is 10.1. The average molecular weight is 222 g/mol. The number of nitrogens with two attached hydrogens (primary N) is 1. The Kier molecular flexibility index (Phi) is 2.32. The number of hydrogen-bond donors (Lipinski definition) is 2. The Bertz CT molecular complexity index is 551. The number of carboxylic acid groups (broad SMARTS) is 1. The van der Waals surface area contributed by atoms with Gasteiger partial charge in [-0.3, -0.25) is 0 Å². The summed E-state index contributed by atoms with van der Waals surface area (Å²) in [5.41, 5.74) is 5.58. The Hall–Kier alpha value is -2.37. The molecular weight excluding hydrogens is 215 g/mol. The second-order valence-electron chi connectivity index (χ2n) is 3.05. The smallest absolute Gasteiger partial charge is 0.374 e. The minimum Gasteiger partial charge on any atom is -0.475 e. The number of oxazole rings is 1. The maximum atomic E-state index is 13.0. The first-order chi connectivity index (χ1) is 7.58. The first-order valence-corrected chi connectivity index (χ1v) is 4.33. The van der Waals surface area contributed by atoms with Crippen LogP contribution in [-0.2, 0) is 0 Å². The molecule has 82 valence electrons. The van der Waals surface area contributed by atoms with E-state index in [1.54, 1.807) is 0 Å². The highest BCUT2D eigenvalue weighted by Gasteiger charge is 2.19. The first kappa shape index (κ1) is 10.2. The molecule has 5 nitrogen and oxygen atoms in total. The lowest BCUT2D eigenvalue weighted by molar-refractivity contribution is 0.0665. The third-order valence-corrected chi connectivity index (χ3v) is 1.94. The van der Waals surface area contributed by atoms with Gasteiger partial charge in [-0.05, 0) is 12.1 Å². The summed E-state index contributed by atoms with van der Waals surface area (Å²) in [6.07, 6.45) is 0. The van der Waals surface area contributed by atoms with Gasteiger partial charge in [0.1, 0.15) is 11.5 Å². The Morgan fingerprint density at radius 3 is 2.88 bits per heavy atom. The van der Waals surface area contributed by atoms with Gasteiger partial charge in [0.2, 0.25) is 5.76 Å². The van der Waals surface area contributed by atoms with E-state index in [0.717, 1.165) is 6.07 Å². The molecule has 0 bridgehead atoms. The van der Waals surface area contributed by atoms with Crippen LogP contribution in [0.5, 0.6) is 0 Å². The van der Waals surface area contributed by atoms with Crippen molar-refractivity contribution in [3.63, 3.8) is 0 Å². The van der Waals surface area contributed by atoms with Gasteiger partial charge < -0.3 is 15.3 Å². The van der Waals surface area contributed by atoms with Crippen molar-refractivity contribution in [1.29, 1.82) is 0 Å². The van der Waals surface area contributed by atoms with Gasteiger partial charge in [-0.15, -0.1) is 0 Å². The zero-order valence-corrected chi connectivity index (χ0v) is 7.98. The predicted octanol–water partition coefficient (Wildman–Crippen LogP) is 1.76. The van der Waals surface area contributed by atoms with Crippen molar-refractivity contribution in [3.8, 4) is 11.3 Å². The van der Waals surface area contributed by atoms with Crippen molar-refractivity contribution in [2.24, 2.45) is 0 Å². The van der Waals surface area contributed by atoms with E-state index < -0.39 is 17.5 Å². The molecule has 1 aromatic heterocycles. The van der Waals surface area contributed by atoms with E-state index >= 15 is 0 Å². The average Bonchev–Trinajstić information content (AvgIpc) is 2.60. The van der Waals surface area contributed by atoms with Crippen LogP contribution in [0.1, 0.15) is 10.6 Å². The molecule has 2 rings (SSSR count). The first-order valence-electron chi connectivity index (χ1n) is 4.33. The number of nitrogen functional groups attached to an aromatic ring is 1. The van der Waals surface area contributed by atoms with Crippen LogP contribution in [0.2, 0.25) is 0 Å². The van der Waals surface area contributed by atoms with Crippen molar-refractivity contribution >= 4 is 12.0 Å². The maximum absolute atomic E-state index is 13.0. The molecule has 0 aliphatic rings. The van der Waals surface area contributed by atoms with Gasteiger partial charge in [0.25, 0.3) is 6.01 Å². The molecule has 0 aliphatic heterocycles. The van der Waals surface area contributed by atoms with Crippen molar-refractivity contribution < 1.29 is 18.7 Å². The second-order valence-corrected chi connectivity index (χ2v) is 3.05. The highest BCUT2D eigenvalue weighted by molar-refractivity contribution is 5.92. The van der Waals surface area contributed by atoms with Crippen molar-refractivity contribution in [1.82, 2.24) is 4.98 Å². The molecular formula is C10H7FN2O3. The SMILES string of the molecule is Nc1nc(-c2cccc(F)c2)c(C(=O)O)o1. The third-order valence-electron chi connectivity index (χ3n) is 1.94. The minimum atomic E-state index is -1.30. The Labute approximate surface area is 89.3 Å². The van der Waals surface area contributed by atoms with E-state index in [4.69, 9.17) is 15.3 Å². The van der Waals surface area contributed by atoms with E-state index in [2.05, 4.69) is 4.98 Å². The fourth-order valence-corrected chi connectivity index (χ4v) is 1.31. The van der Waals surface area contributed by atoms with Gasteiger partial charge in [0.15, 0.2) is 0 Å². The number of benzene rings is 1. The molecule has 0 unspecified atom stereocenters. The van der Waals surface area contributed by atoms with Crippen LogP contribution in [0.25, 0.3) is 11.3 Å². The van der Waals surface area contributed by atoms with E-state index in [1.807, 2.05) is 0 Å². The van der Waals surface area contributed by atoms with Gasteiger partial charge >= 0.3 is 5.97 Å². The summed E-state index contributed by atoms with van der Waals surface area (Å²) >= 11 is 0. The Morgan fingerprint density at radius 2 is 2.25 bits per heavy atom. The zero-order chi connectivity index (χ0) is 11.7. The third kappa shape index (κ3) is 1.72. The molecule has 0 fully saturated rings. The standard InChI is InChI=1S/C10H7FN2O3/c11-6-3-1-2-5(4-6)7-8(9(14)15)16-10(12)13-7/h1-4H,(H2,12,13)(H,14,15). The molecule has 16 heavy (non-hydrogen) atoms. The molecule has 0 saturated heterocycles. The van der Waals surface area contributed by atoms with E-state index in [1.165, 1.54) is 18.2 Å². The molecule has 6 heteroatoms. The topological polar surface area (TPSA) is 89.3 Å². The molecule has 0 saturated carbocycles. The maximum Gasteiger partial charge on any atom is 0.374 e. The van der Waals surface area contributed by atoms with Gasteiger partial charge in [-0.25, -0.2) is 9.18 Å². The quantitative estimate of drug-likeness (QED) is 0.808. The molecule has 2 aromatic rings. The number of carboxylic acids is 1. The highest BCUT2D eigenvalue weighted by Crippen LogP contribution is 2.25. The van der Waals surface area contributed by atoms with E-state index in [9.17, 15) is 9.18 Å². The van der Waals surface area contributed by atoms with Gasteiger partial charge in [-0.1, -0.05) is 12.1 Å². The predicted molar refractivity (Wildman–Crippen MR) is 53.3 cm³/mol. The summed E-state index contributed by atoms with van der Waals surface area (Å²) in [5.74, 6) is -2.19. The number of nitrogens with zero attached hydrogens (tertiary/aromatic N) is 1. The van der Waals surface area contributed by atoms with Crippen molar-refractivity contribution in [2.75, 3.05) is 5.73 Å². The number of aromatic carboxylic acids is 1. The molecule has 0 amide bonds. The van der Waals surface area contributed by atoms with Crippen LogP contribution in [0.4, 0.5) is 10.4 Å². The number of halogens is 1. The molecule has 0 atom stereocenters. The number of anilines is 1. The number of carbonyl (C=O) groups is 1. The van der Waals surface area contributed by atoms with Crippen LogP contribution in [0.15, 0.2) is 28.7 Å². The van der Waals surface area contributed by atoms with Crippen LogP contribution in [-0.4, -0.2) is 16.1 Å². The number of rotatable bonds is 2. The van der Waals surface area contributed by atoms with Gasteiger partial charge in [-0.2, -0.15) is 4.98 Å². The molecule has 1 heterocycles. The van der Waals surface area contributed by atoms with Crippen molar-refractivity contribution in [3.05, 3.63) is 35.8 Å². The van der Waals surface area contributed by atoms with E-state index in [-0.39, 0.29) is 11.7 Å². The number of aromatic nitrogens is 1. The summed E-state index contributed by atoms with van der Waals surface area (Å²) in [4.78, 5) is 14.5. The molecule has 0 aliphatic carbocycles. The van der Waals surface area contributed by atoms with Crippen LogP contribution in [0.3, 0.4) is 0 Å². The fraction of sp³-hybridized carbons (Fsp3) is 0. The lowest BCUT2D eigenvalue weighted by Gasteiger charge is -1.97. The normalized spacial score (nSPS) is 10.3. The summed E-state index contributed by atoms with van der Waals surface area (Å²) in [6.45, 7) is 0. The Balaban J connectivity index is 2.59. The highest BCUT2D eigenvalue weighted by atomic mass is 19.1. The fourth-order valence-electron chi connectivity index (χ4n) is 1.31. The summed E-state index contributed by atoms with van der Waals surface area (Å²) in [5, 5.41) is 8.83. The minimum absolute atomic E-state index is 0.0181. The summed E-state index contributed by atoms with van der Waals surface area (Å²) in [7, 11) is 0. The second kappa shape index (κ2) is 3.65. The molecule has 0 radical (unpaired) electrons. The van der Waals surface area contributed by atoms with Crippen molar-refractivity contribution in [2.45, 2.75) is 0 Å². The zero-order valence-electron chi connectivity index (χ0n) is 7.98. The molecule has 1 aromatic carbocycles. The largest absolute Gasteiger partial charge is 0.475 e.